The van der Waals surface area contributed by atoms with Gasteiger partial charge in [0.25, 0.3) is 0 Å². The summed E-state index contributed by atoms with van der Waals surface area (Å²) in [6, 6.07) is 4.07. The van der Waals surface area contributed by atoms with Crippen LogP contribution in [0.2, 0.25) is 0 Å². The van der Waals surface area contributed by atoms with E-state index in [1.54, 1.807) is 6.07 Å². The Bertz CT molecular complexity index is 581. The lowest BCUT2D eigenvalue weighted by molar-refractivity contribution is 0.447. The first-order valence-corrected chi connectivity index (χ1v) is 6.10. The number of hydrogen-bond donors (Lipinski definition) is 1. The van der Waals surface area contributed by atoms with Crippen LogP contribution in [0.25, 0.3) is 11.1 Å². The molecule has 1 aromatic heterocycles. The highest BCUT2D eigenvalue weighted by Crippen LogP contribution is 2.28. The minimum atomic E-state index is -1.45. The van der Waals surface area contributed by atoms with E-state index in [2.05, 4.69) is 5.32 Å². The van der Waals surface area contributed by atoms with Gasteiger partial charge in [0.05, 0.1) is 12.8 Å². The minimum absolute atomic E-state index is 0.276. The lowest BCUT2D eigenvalue weighted by Crippen LogP contribution is -2.15. The zero-order valence-corrected chi connectivity index (χ0v) is 10.1. The van der Waals surface area contributed by atoms with Crippen molar-refractivity contribution in [3.8, 4) is 11.1 Å². The number of halogens is 3. The van der Waals surface area contributed by atoms with Crippen LogP contribution in [0.5, 0.6) is 0 Å². The molecule has 0 unspecified atom stereocenters. The summed E-state index contributed by atoms with van der Waals surface area (Å²) < 4.78 is 44.7. The molecule has 0 saturated heterocycles. The molecule has 2 nitrogen and oxygen atoms in total. The number of hydrogen-bond acceptors (Lipinski definition) is 2. The summed E-state index contributed by atoms with van der Waals surface area (Å²) in [7, 11) is 0. The van der Waals surface area contributed by atoms with E-state index in [9.17, 15) is 13.2 Å². The third-order valence-electron chi connectivity index (χ3n) is 3.17. The number of benzene rings is 1. The van der Waals surface area contributed by atoms with E-state index < -0.39 is 17.5 Å². The maximum atomic E-state index is 13.2. The molecule has 3 rings (SSSR count). The summed E-state index contributed by atoms with van der Waals surface area (Å²) in [5, 5.41) is 3.25. The molecule has 2 aromatic rings. The molecule has 100 valence electrons. The van der Waals surface area contributed by atoms with Crippen molar-refractivity contribution >= 4 is 0 Å². The molecule has 1 fully saturated rings. The minimum Gasteiger partial charge on any atom is -0.467 e. The predicted octanol–water partition coefficient (Wildman–Crippen LogP) is 3.62. The van der Waals surface area contributed by atoms with Crippen LogP contribution < -0.4 is 5.32 Å². The normalized spacial score (nSPS) is 14.9. The van der Waals surface area contributed by atoms with Crippen molar-refractivity contribution in [3.05, 3.63) is 47.7 Å². The van der Waals surface area contributed by atoms with E-state index in [-0.39, 0.29) is 5.56 Å². The second kappa shape index (κ2) is 4.74. The smallest absolute Gasteiger partial charge is 0.194 e. The van der Waals surface area contributed by atoms with Crippen LogP contribution in [0.15, 0.2) is 28.9 Å². The van der Waals surface area contributed by atoms with Crippen LogP contribution in [0.4, 0.5) is 13.2 Å². The van der Waals surface area contributed by atoms with Gasteiger partial charge in [-0.05, 0) is 36.6 Å². The van der Waals surface area contributed by atoms with Gasteiger partial charge in [-0.3, -0.25) is 0 Å². The van der Waals surface area contributed by atoms with E-state index in [0.29, 0.717) is 23.9 Å². The van der Waals surface area contributed by atoms with Crippen LogP contribution >= 0.6 is 0 Å². The third kappa shape index (κ3) is 2.51. The predicted molar refractivity (Wildman–Crippen MR) is 63.9 cm³/mol. The van der Waals surface area contributed by atoms with Crippen LogP contribution in [0.3, 0.4) is 0 Å². The van der Waals surface area contributed by atoms with Gasteiger partial charge in [0.15, 0.2) is 17.5 Å². The van der Waals surface area contributed by atoms with Crippen molar-refractivity contribution in [2.45, 2.75) is 25.4 Å². The van der Waals surface area contributed by atoms with E-state index in [4.69, 9.17) is 4.42 Å². The van der Waals surface area contributed by atoms with Crippen molar-refractivity contribution in [2.24, 2.45) is 0 Å². The first kappa shape index (κ1) is 12.3. The van der Waals surface area contributed by atoms with Gasteiger partial charge < -0.3 is 9.73 Å². The standard InChI is InChI=1S/C14H12F3NO/c15-11-5-8(6-12(16)14(11)17)10-3-4-19-13(10)7-18-9-1-2-9/h3-6,9,18H,1-2,7H2. The molecule has 19 heavy (non-hydrogen) atoms. The molecule has 1 aliphatic carbocycles. The Kier molecular flexibility index (Phi) is 3.06. The molecule has 0 amide bonds. The van der Waals surface area contributed by atoms with E-state index >= 15 is 0 Å². The lowest BCUT2D eigenvalue weighted by Gasteiger charge is -2.05. The van der Waals surface area contributed by atoms with Crippen molar-refractivity contribution in [2.75, 3.05) is 0 Å². The number of rotatable bonds is 4. The summed E-state index contributed by atoms with van der Waals surface area (Å²) >= 11 is 0. The van der Waals surface area contributed by atoms with E-state index in [0.717, 1.165) is 25.0 Å². The van der Waals surface area contributed by atoms with Crippen LogP contribution in [-0.4, -0.2) is 6.04 Å². The molecule has 5 heteroatoms. The Morgan fingerprint density at radius 3 is 2.47 bits per heavy atom. The average molecular weight is 267 g/mol. The van der Waals surface area contributed by atoms with Crippen molar-refractivity contribution in [1.82, 2.24) is 5.32 Å². The monoisotopic (exact) mass is 267 g/mol. The topological polar surface area (TPSA) is 25.2 Å². The van der Waals surface area contributed by atoms with Gasteiger partial charge in [-0.1, -0.05) is 0 Å². The molecule has 0 bridgehead atoms. The Hall–Kier alpha value is -1.75. The average Bonchev–Trinajstić information content (AvgIpc) is 3.10. The Morgan fingerprint density at radius 1 is 1.16 bits per heavy atom. The highest BCUT2D eigenvalue weighted by Gasteiger charge is 2.22. The highest BCUT2D eigenvalue weighted by atomic mass is 19.2. The molecule has 0 aliphatic heterocycles. The summed E-state index contributed by atoms with van der Waals surface area (Å²) in [6.07, 6.45) is 3.73. The van der Waals surface area contributed by atoms with Crippen molar-refractivity contribution in [3.63, 3.8) is 0 Å². The van der Waals surface area contributed by atoms with Gasteiger partial charge in [0.2, 0.25) is 0 Å². The summed E-state index contributed by atoms with van der Waals surface area (Å²) in [5.41, 5.74) is 0.851. The summed E-state index contributed by atoms with van der Waals surface area (Å²) in [6.45, 7) is 0.494. The van der Waals surface area contributed by atoms with Gasteiger partial charge in [0.1, 0.15) is 5.76 Å². The maximum absolute atomic E-state index is 13.2. The van der Waals surface area contributed by atoms with Crippen molar-refractivity contribution in [1.29, 1.82) is 0 Å². The fourth-order valence-corrected chi connectivity index (χ4v) is 1.97. The fourth-order valence-electron chi connectivity index (χ4n) is 1.97. The zero-order chi connectivity index (χ0) is 13.4. The van der Waals surface area contributed by atoms with Gasteiger partial charge in [-0.25, -0.2) is 13.2 Å². The third-order valence-corrected chi connectivity index (χ3v) is 3.17. The molecule has 1 aliphatic rings. The summed E-state index contributed by atoms with van der Waals surface area (Å²) in [5.74, 6) is -3.25. The Balaban J connectivity index is 1.90. The maximum Gasteiger partial charge on any atom is 0.194 e. The van der Waals surface area contributed by atoms with Crippen LogP contribution in [0, 0.1) is 17.5 Å². The molecule has 1 saturated carbocycles. The molecule has 1 N–H and O–H groups in total. The molecule has 0 atom stereocenters. The van der Waals surface area contributed by atoms with Crippen LogP contribution in [0.1, 0.15) is 18.6 Å². The SMILES string of the molecule is Fc1cc(-c2ccoc2CNC2CC2)cc(F)c1F. The quantitative estimate of drug-likeness (QED) is 0.856. The van der Waals surface area contributed by atoms with Gasteiger partial charge >= 0.3 is 0 Å². The van der Waals surface area contributed by atoms with E-state index in [1.165, 1.54) is 6.26 Å². The first-order chi connectivity index (χ1) is 9.15. The number of nitrogens with one attached hydrogen (secondary N) is 1. The molecule has 1 aromatic carbocycles. The number of furan rings is 1. The zero-order valence-electron chi connectivity index (χ0n) is 10.1. The van der Waals surface area contributed by atoms with Gasteiger partial charge in [-0.15, -0.1) is 0 Å². The van der Waals surface area contributed by atoms with E-state index in [1.807, 2.05) is 0 Å². The molecule has 0 spiro atoms. The highest BCUT2D eigenvalue weighted by molar-refractivity contribution is 5.65. The van der Waals surface area contributed by atoms with Crippen molar-refractivity contribution < 1.29 is 17.6 Å². The molecule has 1 heterocycles. The fraction of sp³-hybridized carbons (Fsp3) is 0.286. The summed E-state index contributed by atoms with van der Waals surface area (Å²) in [4.78, 5) is 0. The second-order valence-corrected chi connectivity index (χ2v) is 4.67. The first-order valence-electron chi connectivity index (χ1n) is 6.10. The van der Waals surface area contributed by atoms with Crippen LogP contribution in [-0.2, 0) is 6.54 Å². The Labute approximate surface area is 108 Å². The largest absolute Gasteiger partial charge is 0.467 e. The Morgan fingerprint density at radius 2 is 1.84 bits per heavy atom. The van der Waals surface area contributed by atoms with Gasteiger partial charge in [-0.2, -0.15) is 0 Å². The second-order valence-electron chi connectivity index (χ2n) is 4.67. The molecular formula is C14H12F3NO. The molecule has 0 radical (unpaired) electrons. The van der Waals surface area contributed by atoms with Gasteiger partial charge in [0, 0.05) is 11.6 Å². The molecular weight excluding hydrogens is 255 g/mol. The lowest BCUT2D eigenvalue weighted by atomic mass is 10.1.